The van der Waals surface area contributed by atoms with Crippen LogP contribution in [0.25, 0.3) is 0 Å². The highest BCUT2D eigenvalue weighted by Gasteiger charge is 2.05. The second-order valence-corrected chi connectivity index (χ2v) is 5.76. The molecule has 0 radical (unpaired) electrons. The Morgan fingerprint density at radius 2 is 2.19 bits per heavy atom. The first-order valence-corrected chi connectivity index (χ1v) is 7.77. The summed E-state index contributed by atoms with van der Waals surface area (Å²) in [5, 5.41) is 15.1. The van der Waals surface area contributed by atoms with Crippen molar-refractivity contribution in [3.8, 4) is 5.75 Å². The fraction of sp³-hybridized carbons (Fsp3) is 0.375. The number of hydrogen-bond acceptors (Lipinski definition) is 5. The van der Waals surface area contributed by atoms with Gasteiger partial charge < -0.3 is 19.9 Å². The van der Waals surface area contributed by atoms with Crippen molar-refractivity contribution in [1.82, 2.24) is 5.32 Å². The van der Waals surface area contributed by atoms with Crippen LogP contribution in [0.1, 0.15) is 10.4 Å². The molecule has 21 heavy (non-hydrogen) atoms. The minimum absolute atomic E-state index is 0.336. The number of thiophene rings is 1. The summed E-state index contributed by atoms with van der Waals surface area (Å²) in [6.07, 6.45) is -0.504. The standard InChI is InChI=1S/C16H21NO3S/c1-19-15-5-2-4-13(8-15)9-17-10-14(18)11-20-12-16-6-3-7-21-16/h2-8,14,17-18H,9-12H2,1H3. The van der Waals surface area contributed by atoms with Gasteiger partial charge in [0.05, 0.1) is 26.4 Å². The Labute approximate surface area is 129 Å². The van der Waals surface area contributed by atoms with Gasteiger partial charge in [0.15, 0.2) is 0 Å². The van der Waals surface area contributed by atoms with E-state index in [4.69, 9.17) is 9.47 Å². The van der Waals surface area contributed by atoms with Gasteiger partial charge in [0.25, 0.3) is 0 Å². The van der Waals surface area contributed by atoms with Crippen molar-refractivity contribution in [1.29, 1.82) is 0 Å². The average Bonchev–Trinajstić information content (AvgIpc) is 3.01. The first kappa shape index (κ1) is 16.0. The summed E-state index contributed by atoms with van der Waals surface area (Å²) < 4.78 is 10.7. The third kappa shape index (κ3) is 5.85. The van der Waals surface area contributed by atoms with Crippen LogP contribution in [-0.2, 0) is 17.9 Å². The van der Waals surface area contributed by atoms with E-state index in [2.05, 4.69) is 5.32 Å². The van der Waals surface area contributed by atoms with Gasteiger partial charge in [-0.15, -0.1) is 11.3 Å². The monoisotopic (exact) mass is 307 g/mol. The van der Waals surface area contributed by atoms with Crippen LogP contribution in [0.15, 0.2) is 41.8 Å². The summed E-state index contributed by atoms with van der Waals surface area (Å²) in [7, 11) is 1.65. The van der Waals surface area contributed by atoms with Crippen molar-refractivity contribution >= 4 is 11.3 Å². The first-order valence-electron chi connectivity index (χ1n) is 6.90. The number of nitrogens with one attached hydrogen (secondary N) is 1. The number of hydrogen-bond donors (Lipinski definition) is 2. The predicted octanol–water partition coefficient (Wildman–Crippen LogP) is 2.42. The van der Waals surface area contributed by atoms with Crippen LogP contribution in [0, 0.1) is 0 Å². The Kier molecular flexibility index (Phi) is 6.69. The number of ether oxygens (including phenoxy) is 2. The highest BCUT2D eigenvalue weighted by atomic mass is 32.1. The Bertz CT molecular complexity index is 516. The van der Waals surface area contributed by atoms with Crippen molar-refractivity contribution < 1.29 is 14.6 Å². The molecule has 1 unspecified atom stereocenters. The lowest BCUT2D eigenvalue weighted by Crippen LogP contribution is -2.30. The molecule has 1 aromatic carbocycles. The minimum atomic E-state index is -0.504. The lowest BCUT2D eigenvalue weighted by Gasteiger charge is -2.12. The molecule has 2 N–H and O–H groups in total. The van der Waals surface area contributed by atoms with E-state index < -0.39 is 6.10 Å². The maximum absolute atomic E-state index is 9.85. The Hall–Kier alpha value is -1.40. The van der Waals surface area contributed by atoms with Gasteiger partial charge in [0, 0.05) is 18.0 Å². The summed E-state index contributed by atoms with van der Waals surface area (Å²) >= 11 is 1.66. The fourth-order valence-corrected chi connectivity index (χ4v) is 2.56. The van der Waals surface area contributed by atoms with Crippen LogP contribution >= 0.6 is 11.3 Å². The largest absolute Gasteiger partial charge is 0.497 e. The van der Waals surface area contributed by atoms with Gasteiger partial charge in [0.1, 0.15) is 5.75 Å². The molecule has 0 saturated heterocycles. The van der Waals surface area contributed by atoms with Gasteiger partial charge in [-0.25, -0.2) is 0 Å². The van der Waals surface area contributed by atoms with Gasteiger partial charge >= 0.3 is 0 Å². The molecule has 5 heteroatoms. The third-order valence-corrected chi connectivity index (χ3v) is 3.83. The van der Waals surface area contributed by atoms with Gasteiger partial charge in [-0.05, 0) is 29.1 Å². The number of rotatable bonds is 9. The van der Waals surface area contributed by atoms with E-state index in [1.54, 1.807) is 18.4 Å². The Morgan fingerprint density at radius 1 is 1.29 bits per heavy atom. The number of benzene rings is 1. The van der Waals surface area contributed by atoms with E-state index in [9.17, 15) is 5.11 Å². The molecule has 4 nitrogen and oxygen atoms in total. The predicted molar refractivity (Wildman–Crippen MR) is 84.7 cm³/mol. The maximum Gasteiger partial charge on any atom is 0.119 e. The van der Waals surface area contributed by atoms with Crippen LogP contribution in [0.4, 0.5) is 0 Å². The second-order valence-electron chi connectivity index (χ2n) is 4.73. The van der Waals surface area contributed by atoms with Crippen molar-refractivity contribution in [3.05, 3.63) is 52.2 Å². The minimum Gasteiger partial charge on any atom is -0.497 e. The maximum atomic E-state index is 9.85. The molecule has 0 bridgehead atoms. The van der Waals surface area contributed by atoms with Crippen molar-refractivity contribution in [2.45, 2.75) is 19.3 Å². The lowest BCUT2D eigenvalue weighted by molar-refractivity contribution is 0.0297. The summed E-state index contributed by atoms with van der Waals surface area (Å²) in [5.74, 6) is 0.842. The molecule has 0 amide bonds. The molecule has 1 heterocycles. The highest BCUT2D eigenvalue weighted by Crippen LogP contribution is 2.12. The SMILES string of the molecule is COc1cccc(CNCC(O)COCc2cccs2)c1. The zero-order valence-electron chi connectivity index (χ0n) is 12.1. The van der Waals surface area contributed by atoms with Crippen LogP contribution in [0.2, 0.25) is 0 Å². The van der Waals surface area contributed by atoms with Gasteiger partial charge in [-0.3, -0.25) is 0 Å². The Balaban J connectivity index is 1.61. The quantitative estimate of drug-likeness (QED) is 0.747. The van der Waals surface area contributed by atoms with Gasteiger partial charge in [-0.1, -0.05) is 18.2 Å². The molecular weight excluding hydrogens is 286 g/mol. The number of aliphatic hydroxyl groups is 1. The van der Waals surface area contributed by atoms with Crippen LogP contribution in [-0.4, -0.2) is 31.5 Å². The summed E-state index contributed by atoms with van der Waals surface area (Å²) in [6.45, 7) is 2.09. The lowest BCUT2D eigenvalue weighted by atomic mass is 10.2. The van der Waals surface area contributed by atoms with Gasteiger partial charge in [0.2, 0.25) is 0 Å². The van der Waals surface area contributed by atoms with Crippen molar-refractivity contribution in [3.63, 3.8) is 0 Å². The molecule has 0 saturated carbocycles. The third-order valence-electron chi connectivity index (χ3n) is 2.98. The molecule has 0 aliphatic carbocycles. The Morgan fingerprint density at radius 3 is 2.95 bits per heavy atom. The van der Waals surface area contributed by atoms with E-state index in [-0.39, 0.29) is 0 Å². The zero-order chi connectivity index (χ0) is 14.9. The summed E-state index contributed by atoms with van der Waals surface area (Å²) in [4.78, 5) is 1.17. The van der Waals surface area contributed by atoms with Crippen LogP contribution in [0.5, 0.6) is 5.75 Å². The first-order chi connectivity index (χ1) is 10.3. The summed E-state index contributed by atoms with van der Waals surface area (Å²) in [5.41, 5.74) is 1.13. The number of methoxy groups -OCH3 is 1. The molecule has 0 aliphatic rings. The molecule has 0 aliphatic heterocycles. The van der Waals surface area contributed by atoms with E-state index in [1.807, 2.05) is 41.8 Å². The van der Waals surface area contributed by atoms with Crippen molar-refractivity contribution in [2.75, 3.05) is 20.3 Å². The normalized spacial score (nSPS) is 12.3. The van der Waals surface area contributed by atoms with Crippen molar-refractivity contribution in [2.24, 2.45) is 0 Å². The smallest absolute Gasteiger partial charge is 0.119 e. The fourth-order valence-electron chi connectivity index (χ4n) is 1.91. The van der Waals surface area contributed by atoms with E-state index >= 15 is 0 Å². The highest BCUT2D eigenvalue weighted by molar-refractivity contribution is 7.09. The molecule has 0 fully saturated rings. The second kappa shape index (κ2) is 8.79. The molecule has 2 rings (SSSR count). The number of aliphatic hydroxyl groups excluding tert-OH is 1. The molecular formula is C16H21NO3S. The van der Waals surface area contributed by atoms with E-state index in [0.717, 1.165) is 11.3 Å². The van der Waals surface area contributed by atoms with E-state index in [1.165, 1.54) is 4.88 Å². The molecule has 1 aromatic heterocycles. The van der Waals surface area contributed by atoms with Crippen LogP contribution in [0.3, 0.4) is 0 Å². The molecule has 2 aromatic rings. The molecule has 0 spiro atoms. The topological polar surface area (TPSA) is 50.7 Å². The molecule has 1 atom stereocenters. The zero-order valence-corrected chi connectivity index (χ0v) is 12.9. The van der Waals surface area contributed by atoms with E-state index in [0.29, 0.717) is 26.3 Å². The average molecular weight is 307 g/mol. The molecule has 114 valence electrons. The van der Waals surface area contributed by atoms with Crippen LogP contribution < -0.4 is 10.1 Å². The van der Waals surface area contributed by atoms with Gasteiger partial charge in [-0.2, -0.15) is 0 Å². The summed E-state index contributed by atoms with van der Waals surface area (Å²) in [6, 6.07) is 11.9.